The van der Waals surface area contributed by atoms with E-state index < -0.39 is 0 Å². The zero-order valence-electron chi connectivity index (χ0n) is 14.5. The van der Waals surface area contributed by atoms with Gasteiger partial charge in [0.15, 0.2) is 0 Å². The van der Waals surface area contributed by atoms with Crippen LogP contribution in [0.15, 0.2) is 61.1 Å². The molecule has 0 aliphatic carbocycles. The molecule has 0 unspecified atom stereocenters. The topological polar surface area (TPSA) is 54.2 Å². The van der Waals surface area contributed by atoms with Crippen LogP contribution in [0.25, 0.3) is 0 Å². The van der Waals surface area contributed by atoms with Crippen LogP contribution in [0, 0.1) is 6.92 Å². The van der Waals surface area contributed by atoms with Crippen LogP contribution >= 0.6 is 0 Å². The molecule has 3 rings (SSSR count). The summed E-state index contributed by atoms with van der Waals surface area (Å²) >= 11 is 0. The van der Waals surface area contributed by atoms with E-state index in [-0.39, 0.29) is 6.61 Å². The molecule has 5 heteroatoms. The number of hydrogen-bond donors (Lipinski definition) is 1. The Morgan fingerprint density at radius 1 is 1.04 bits per heavy atom. The summed E-state index contributed by atoms with van der Waals surface area (Å²) in [5, 5.41) is 13.8. The van der Waals surface area contributed by atoms with Gasteiger partial charge >= 0.3 is 0 Å². The SMILES string of the molecule is Cc1cccnc1CN(CCO)Cc1cnn(Cc2ccccc2)c1. The average molecular weight is 336 g/mol. The Kier molecular flexibility index (Phi) is 5.93. The van der Waals surface area contributed by atoms with Gasteiger partial charge in [-0.2, -0.15) is 5.10 Å². The van der Waals surface area contributed by atoms with Crippen LogP contribution in [0.2, 0.25) is 0 Å². The summed E-state index contributed by atoms with van der Waals surface area (Å²) in [7, 11) is 0. The van der Waals surface area contributed by atoms with Gasteiger partial charge in [-0.1, -0.05) is 36.4 Å². The molecule has 1 N–H and O–H groups in total. The quantitative estimate of drug-likeness (QED) is 0.687. The zero-order valence-corrected chi connectivity index (χ0v) is 14.5. The molecule has 0 fully saturated rings. The molecule has 0 spiro atoms. The molecule has 130 valence electrons. The Morgan fingerprint density at radius 2 is 1.88 bits per heavy atom. The van der Waals surface area contributed by atoms with Gasteiger partial charge in [-0.25, -0.2) is 0 Å². The maximum Gasteiger partial charge on any atom is 0.0659 e. The van der Waals surface area contributed by atoms with Crippen molar-refractivity contribution in [2.45, 2.75) is 26.6 Å². The van der Waals surface area contributed by atoms with Crippen molar-refractivity contribution >= 4 is 0 Å². The summed E-state index contributed by atoms with van der Waals surface area (Å²) in [5.74, 6) is 0. The van der Waals surface area contributed by atoms with Gasteiger partial charge in [-0.15, -0.1) is 0 Å². The van der Waals surface area contributed by atoms with Gasteiger partial charge in [0, 0.05) is 37.6 Å². The molecular weight excluding hydrogens is 312 g/mol. The van der Waals surface area contributed by atoms with Crippen LogP contribution < -0.4 is 0 Å². The summed E-state index contributed by atoms with van der Waals surface area (Å²) in [4.78, 5) is 6.65. The van der Waals surface area contributed by atoms with Gasteiger partial charge in [0.1, 0.15) is 0 Å². The first-order chi connectivity index (χ1) is 12.2. The molecule has 0 aliphatic rings. The molecular formula is C20H24N4O. The maximum absolute atomic E-state index is 9.38. The van der Waals surface area contributed by atoms with Crippen LogP contribution in [0.5, 0.6) is 0 Å². The van der Waals surface area contributed by atoms with Crippen LogP contribution in [-0.4, -0.2) is 37.9 Å². The molecule has 0 radical (unpaired) electrons. The normalized spacial score (nSPS) is 11.2. The predicted octanol–water partition coefficient (Wildman–Crippen LogP) is 2.63. The second kappa shape index (κ2) is 8.55. The molecule has 0 bridgehead atoms. The lowest BCUT2D eigenvalue weighted by Crippen LogP contribution is -2.26. The van der Waals surface area contributed by atoms with Crippen molar-refractivity contribution in [1.29, 1.82) is 0 Å². The monoisotopic (exact) mass is 336 g/mol. The number of aliphatic hydroxyl groups is 1. The third kappa shape index (κ3) is 4.98. The van der Waals surface area contributed by atoms with E-state index in [0.717, 1.165) is 30.9 Å². The van der Waals surface area contributed by atoms with E-state index in [9.17, 15) is 5.11 Å². The van der Waals surface area contributed by atoms with Crippen molar-refractivity contribution in [3.05, 3.63) is 83.4 Å². The van der Waals surface area contributed by atoms with Crippen LogP contribution in [-0.2, 0) is 19.6 Å². The Labute approximate surface area is 148 Å². The zero-order chi connectivity index (χ0) is 17.5. The minimum atomic E-state index is 0.129. The Bertz CT molecular complexity index is 785. The maximum atomic E-state index is 9.38. The van der Waals surface area contributed by atoms with Crippen molar-refractivity contribution in [3.8, 4) is 0 Å². The molecule has 0 amide bonds. The molecule has 5 nitrogen and oxygen atoms in total. The number of pyridine rings is 1. The minimum Gasteiger partial charge on any atom is -0.395 e. The summed E-state index contributed by atoms with van der Waals surface area (Å²) in [6.07, 6.45) is 5.79. The predicted molar refractivity (Wildman–Crippen MR) is 97.9 cm³/mol. The Hall–Kier alpha value is -2.50. The van der Waals surface area contributed by atoms with Crippen LogP contribution in [0.4, 0.5) is 0 Å². The summed E-state index contributed by atoms with van der Waals surface area (Å²) in [6, 6.07) is 14.3. The number of aryl methyl sites for hydroxylation is 1. The van der Waals surface area contributed by atoms with Gasteiger partial charge in [-0.05, 0) is 24.1 Å². The highest BCUT2D eigenvalue weighted by atomic mass is 16.3. The molecule has 25 heavy (non-hydrogen) atoms. The van der Waals surface area contributed by atoms with E-state index in [2.05, 4.69) is 46.3 Å². The van der Waals surface area contributed by atoms with E-state index in [0.29, 0.717) is 6.54 Å². The van der Waals surface area contributed by atoms with Gasteiger partial charge in [0.25, 0.3) is 0 Å². The molecule has 0 aliphatic heterocycles. The number of nitrogens with zero attached hydrogens (tertiary/aromatic N) is 4. The first-order valence-electron chi connectivity index (χ1n) is 8.53. The highest BCUT2D eigenvalue weighted by molar-refractivity contribution is 5.18. The molecule has 2 aromatic heterocycles. The standard InChI is InChI=1S/C20H24N4O/c1-17-6-5-9-21-20(17)16-23(10-11-25)13-19-12-22-24(15-19)14-18-7-3-2-4-8-18/h2-9,12,15,25H,10-11,13-14,16H2,1H3. The van der Waals surface area contributed by atoms with E-state index >= 15 is 0 Å². The van der Waals surface area contributed by atoms with Gasteiger partial charge in [0.05, 0.1) is 25.0 Å². The van der Waals surface area contributed by atoms with Crippen molar-refractivity contribution < 1.29 is 5.11 Å². The Morgan fingerprint density at radius 3 is 2.64 bits per heavy atom. The fourth-order valence-electron chi connectivity index (χ4n) is 2.85. The number of aliphatic hydroxyl groups excluding tert-OH is 1. The molecule has 0 saturated heterocycles. The molecule has 0 atom stereocenters. The summed E-state index contributed by atoms with van der Waals surface area (Å²) < 4.78 is 1.95. The fourth-order valence-corrected chi connectivity index (χ4v) is 2.85. The lowest BCUT2D eigenvalue weighted by molar-refractivity contribution is 0.182. The molecule has 0 saturated carbocycles. The first-order valence-corrected chi connectivity index (χ1v) is 8.53. The minimum absolute atomic E-state index is 0.129. The van der Waals surface area contributed by atoms with Crippen LogP contribution in [0.3, 0.4) is 0 Å². The second-order valence-electron chi connectivity index (χ2n) is 6.23. The smallest absolute Gasteiger partial charge is 0.0659 e. The highest BCUT2D eigenvalue weighted by Gasteiger charge is 2.10. The second-order valence-corrected chi connectivity index (χ2v) is 6.23. The highest BCUT2D eigenvalue weighted by Crippen LogP contribution is 2.11. The summed E-state index contributed by atoms with van der Waals surface area (Å²) in [6.45, 7) is 5.03. The van der Waals surface area contributed by atoms with E-state index in [1.165, 1.54) is 11.1 Å². The lowest BCUT2D eigenvalue weighted by atomic mass is 10.2. The number of hydrogen-bond acceptors (Lipinski definition) is 4. The lowest BCUT2D eigenvalue weighted by Gasteiger charge is -2.21. The average Bonchev–Trinajstić information content (AvgIpc) is 3.05. The summed E-state index contributed by atoms with van der Waals surface area (Å²) in [5.41, 5.74) is 4.59. The molecule has 3 aromatic rings. The van der Waals surface area contributed by atoms with Crippen molar-refractivity contribution in [2.75, 3.05) is 13.2 Å². The molecule has 2 heterocycles. The fraction of sp³-hybridized carbons (Fsp3) is 0.300. The van der Waals surface area contributed by atoms with E-state index in [1.807, 2.05) is 41.3 Å². The van der Waals surface area contributed by atoms with Gasteiger partial charge in [-0.3, -0.25) is 14.6 Å². The first kappa shape index (κ1) is 17.3. The van der Waals surface area contributed by atoms with E-state index in [1.54, 1.807) is 0 Å². The number of rotatable bonds is 8. The van der Waals surface area contributed by atoms with Crippen molar-refractivity contribution in [3.63, 3.8) is 0 Å². The Balaban J connectivity index is 1.65. The van der Waals surface area contributed by atoms with Gasteiger partial charge in [0.2, 0.25) is 0 Å². The largest absolute Gasteiger partial charge is 0.395 e. The number of aromatic nitrogens is 3. The third-order valence-corrected chi connectivity index (χ3v) is 4.19. The number of benzene rings is 1. The van der Waals surface area contributed by atoms with Crippen molar-refractivity contribution in [1.82, 2.24) is 19.7 Å². The molecule has 1 aromatic carbocycles. The van der Waals surface area contributed by atoms with Crippen LogP contribution in [0.1, 0.15) is 22.4 Å². The van der Waals surface area contributed by atoms with Gasteiger partial charge < -0.3 is 5.11 Å². The van der Waals surface area contributed by atoms with Crippen molar-refractivity contribution in [2.24, 2.45) is 0 Å². The third-order valence-electron chi connectivity index (χ3n) is 4.19. The van der Waals surface area contributed by atoms with E-state index in [4.69, 9.17) is 0 Å².